The number of alkyl halides is 1. The summed E-state index contributed by atoms with van der Waals surface area (Å²) in [6.07, 6.45) is 0. The number of halogens is 1. The molecule has 0 spiro atoms. The summed E-state index contributed by atoms with van der Waals surface area (Å²) in [7, 11) is 0. The first kappa shape index (κ1) is 14.5. The molecule has 21 heavy (non-hydrogen) atoms. The van der Waals surface area contributed by atoms with Gasteiger partial charge in [0.05, 0.1) is 11.9 Å². The zero-order valence-electron chi connectivity index (χ0n) is 12.6. The molecule has 3 aromatic rings. The topological polar surface area (TPSA) is 30.7 Å². The van der Waals surface area contributed by atoms with E-state index in [0.717, 1.165) is 29.2 Å². The number of pyridine rings is 1. The summed E-state index contributed by atoms with van der Waals surface area (Å²) >= 11 is 8.14. The fourth-order valence-electron chi connectivity index (χ4n) is 2.46. The molecule has 5 heteroatoms. The molecule has 3 nitrogen and oxygen atoms in total. The molecule has 110 valence electrons. The van der Waals surface area contributed by atoms with Crippen molar-refractivity contribution in [2.24, 2.45) is 0 Å². The molecule has 0 radical (unpaired) electrons. The summed E-state index contributed by atoms with van der Waals surface area (Å²) in [6.45, 7) is 9.04. The van der Waals surface area contributed by atoms with Gasteiger partial charge in [-0.05, 0) is 51.5 Å². The van der Waals surface area contributed by atoms with Crippen molar-refractivity contribution < 1.29 is 0 Å². The number of nitrogens with zero attached hydrogens (tertiary/aromatic N) is 3. The Morgan fingerprint density at radius 1 is 1.24 bits per heavy atom. The summed E-state index contributed by atoms with van der Waals surface area (Å²) < 4.78 is 2.14. The fraction of sp³-hybridized carbons (Fsp3) is 0.375. The fourth-order valence-corrected chi connectivity index (χ4v) is 3.67. The lowest BCUT2D eigenvalue weighted by molar-refractivity contribution is 0.743. The van der Waals surface area contributed by atoms with Gasteiger partial charge in [0.15, 0.2) is 5.65 Å². The highest BCUT2D eigenvalue weighted by Gasteiger charge is 2.17. The summed E-state index contributed by atoms with van der Waals surface area (Å²) in [4.78, 5) is 12.0. The minimum absolute atomic E-state index is 0.137. The lowest BCUT2D eigenvalue weighted by Crippen LogP contribution is -2.05. The number of aromatic nitrogens is 3. The van der Waals surface area contributed by atoms with Gasteiger partial charge in [0.2, 0.25) is 0 Å². The third-order valence-electron chi connectivity index (χ3n) is 3.65. The van der Waals surface area contributed by atoms with Gasteiger partial charge in [0, 0.05) is 15.4 Å². The van der Waals surface area contributed by atoms with Crippen LogP contribution >= 0.6 is 22.9 Å². The van der Waals surface area contributed by atoms with Gasteiger partial charge in [-0.25, -0.2) is 9.97 Å². The molecule has 3 heterocycles. The molecule has 3 aromatic heterocycles. The maximum absolute atomic E-state index is 6.31. The molecular formula is C16H18ClN3S. The van der Waals surface area contributed by atoms with Crippen LogP contribution in [0.1, 0.15) is 39.1 Å². The van der Waals surface area contributed by atoms with E-state index < -0.39 is 0 Å². The minimum atomic E-state index is -0.137. The van der Waals surface area contributed by atoms with E-state index in [4.69, 9.17) is 11.6 Å². The largest absolute Gasteiger partial charge is 0.306 e. The maximum Gasteiger partial charge on any atom is 0.160 e. The van der Waals surface area contributed by atoms with Gasteiger partial charge in [-0.1, -0.05) is 0 Å². The van der Waals surface area contributed by atoms with E-state index in [-0.39, 0.29) is 5.38 Å². The maximum atomic E-state index is 6.31. The molecule has 0 bridgehead atoms. The van der Waals surface area contributed by atoms with Crippen molar-refractivity contribution in [3.63, 3.8) is 0 Å². The van der Waals surface area contributed by atoms with Crippen LogP contribution in [0.3, 0.4) is 0 Å². The Morgan fingerprint density at radius 2 is 2.00 bits per heavy atom. The Morgan fingerprint density at radius 3 is 2.62 bits per heavy atom. The van der Waals surface area contributed by atoms with Gasteiger partial charge in [0.1, 0.15) is 11.3 Å². The molecule has 0 amide bonds. The zero-order valence-corrected chi connectivity index (χ0v) is 14.2. The van der Waals surface area contributed by atoms with Crippen molar-refractivity contribution in [3.8, 4) is 0 Å². The molecular weight excluding hydrogens is 302 g/mol. The predicted molar refractivity (Wildman–Crippen MR) is 89.4 cm³/mol. The van der Waals surface area contributed by atoms with Crippen LogP contribution in [-0.4, -0.2) is 14.5 Å². The van der Waals surface area contributed by atoms with Gasteiger partial charge < -0.3 is 4.57 Å². The normalized spacial score (nSPS) is 13.0. The quantitative estimate of drug-likeness (QED) is 0.651. The number of rotatable bonds is 3. The van der Waals surface area contributed by atoms with Gasteiger partial charge in [-0.2, -0.15) is 0 Å². The summed E-state index contributed by atoms with van der Waals surface area (Å²) in [5.74, 6) is 0.883. The van der Waals surface area contributed by atoms with Crippen LogP contribution in [0.25, 0.3) is 11.2 Å². The molecule has 0 aliphatic carbocycles. The number of hydrogen-bond donors (Lipinski definition) is 0. The van der Waals surface area contributed by atoms with Gasteiger partial charge in [-0.15, -0.1) is 22.9 Å². The molecule has 0 aliphatic heterocycles. The second-order valence-electron chi connectivity index (χ2n) is 5.42. The first-order chi connectivity index (χ1) is 9.95. The highest BCUT2D eigenvalue weighted by atomic mass is 35.5. The third-order valence-corrected chi connectivity index (χ3v) is 4.98. The Kier molecular flexibility index (Phi) is 3.76. The molecule has 0 fully saturated rings. The minimum Gasteiger partial charge on any atom is -0.306 e. The van der Waals surface area contributed by atoms with Gasteiger partial charge in [-0.3, -0.25) is 0 Å². The van der Waals surface area contributed by atoms with Crippen molar-refractivity contribution >= 4 is 34.1 Å². The van der Waals surface area contributed by atoms with Crippen LogP contribution in [0.4, 0.5) is 0 Å². The van der Waals surface area contributed by atoms with Crippen molar-refractivity contribution in [2.75, 3.05) is 0 Å². The predicted octanol–water partition coefficient (Wildman–Crippen LogP) is 4.77. The van der Waals surface area contributed by atoms with Crippen molar-refractivity contribution in [1.82, 2.24) is 14.5 Å². The van der Waals surface area contributed by atoms with E-state index in [1.165, 1.54) is 15.3 Å². The third kappa shape index (κ3) is 2.70. The number of fused-ring (bicyclic) bond motifs is 1. The van der Waals surface area contributed by atoms with Gasteiger partial charge >= 0.3 is 0 Å². The first-order valence-corrected chi connectivity index (χ1v) is 8.24. The first-order valence-electron chi connectivity index (χ1n) is 6.99. The summed E-state index contributed by atoms with van der Waals surface area (Å²) in [6, 6.07) is 6.24. The van der Waals surface area contributed by atoms with Crippen LogP contribution in [0.15, 0.2) is 18.2 Å². The molecule has 0 aromatic carbocycles. The smallest absolute Gasteiger partial charge is 0.160 e. The molecule has 3 rings (SSSR count). The summed E-state index contributed by atoms with van der Waals surface area (Å²) in [5, 5.41) is -0.137. The van der Waals surface area contributed by atoms with Crippen LogP contribution in [0, 0.1) is 20.8 Å². The zero-order chi connectivity index (χ0) is 15.1. The van der Waals surface area contributed by atoms with Gasteiger partial charge in [0.25, 0.3) is 0 Å². The number of aryl methyl sites for hydroxylation is 3. The second-order valence-corrected chi connectivity index (χ2v) is 7.41. The van der Waals surface area contributed by atoms with Crippen molar-refractivity contribution in [1.29, 1.82) is 0 Å². The van der Waals surface area contributed by atoms with Crippen molar-refractivity contribution in [2.45, 2.75) is 39.6 Å². The number of hydrogen-bond acceptors (Lipinski definition) is 3. The van der Waals surface area contributed by atoms with Crippen LogP contribution < -0.4 is 0 Å². The molecule has 1 atom stereocenters. The lowest BCUT2D eigenvalue weighted by Gasteiger charge is -2.08. The average Bonchev–Trinajstić information content (AvgIpc) is 2.92. The van der Waals surface area contributed by atoms with E-state index in [9.17, 15) is 0 Å². The van der Waals surface area contributed by atoms with Crippen molar-refractivity contribution in [3.05, 3.63) is 45.0 Å². The van der Waals surface area contributed by atoms with E-state index in [1.807, 2.05) is 37.3 Å². The monoisotopic (exact) mass is 319 g/mol. The molecule has 0 N–H and O–H groups in total. The highest BCUT2D eigenvalue weighted by Crippen LogP contribution is 2.27. The van der Waals surface area contributed by atoms with Crippen LogP contribution in [0.2, 0.25) is 0 Å². The Bertz CT molecular complexity index is 782. The van der Waals surface area contributed by atoms with Crippen LogP contribution in [-0.2, 0) is 6.54 Å². The Balaban J connectivity index is 2.14. The standard InChI is InChI=1S/C16H18ClN3S/c1-9-7-13(21-12(9)4)8-20-15(11(3)17)19-14-6-5-10(2)18-16(14)20/h5-7,11H,8H2,1-4H3. The molecule has 0 saturated heterocycles. The van der Waals surface area contributed by atoms with E-state index in [1.54, 1.807) is 0 Å². The second kappa shape index (κ2) is 5.43. The number of thiophene rings is 1. The molecule has 1 unspecified atom stereocenters. The summed E-state index contributed by atoms with van der Waals surface area (Å²) in [5.41, 5.74) is 4.16. The van der Waals surface area contributed by atoms with Crippen LogP contribution in [0.5, 0.6) is 0 Å². The Hall–Kier alpha value is -1.39. The SMILES string of the molecule is Cc1ccc2nc(C(C)Cl)n(Cc3cc(C)c(C)s3)c2n1. The highest BCUT2D eigenvalue weighted by molar-refractivity contribution is 7.12. The van der Waals surface area contributed by atoms with E-state index >= 15 is 0 Å². The lowest BCUT2D eigenvalue weighted by atomic mass is 10.3. The average molecular weight is 320 g/mol. The molecule has 0 saturated carbocycles. The Labute approximate surface area is 133 Å². The van der Waals surface area contributed by atoms with E-state index in [0.29, 0.717) is 0 Å². The molecule has 0 aliphatic rings. The number of imidazole rings is 1. The van der Waals surface area contributed by atoms with E-state index in [2.05, 4.69) is 34.4 Å².